The van der Waals surface area contributed by atoms with E-state index in [1.54, 1.807) is 25.2 Å². The molecule has 1 aliphatic heterocycles. The zero-order chi connectivity index (χ0) is 18.6. The summed E-state index contributed by atoms with van der Waals surface area (Å²) in [6.45, 7) is 0.350. The van der Waals surface area contributed by atoms with Crippen molar-refractivity contribution < 1.29 is 29.0 Å². The molecule has 0 saturated carbocycles. The number of carbonyl (C=O) groups is 3. The second-order valence-corrected chi connectivity index (χ2v) is 5.85. The highest BCUT2D eigenvalue weighted by Gasteiger charge is 2.37. The third-order valence-electron chi connectivity index (χ3n) is 4.19. The maximum Gasteiger partial charge on any atom is 0.305 e. The molecule has 1 atom stereocenters. The van der Waals surface area contributed by atoms with E-state index < -0.39 is 11.9 Å². The number of carboxylic acid groups (broad SMARTS) is 1. The molecule has 8 nitrogen and oxygen atoms in total. The van der Waals surface area contributed by atoms with Gasteiger partial charge in [-0.25, -0.2) is 0 Å². The fourth-order valence-corrected chi connectivity index (χ4v) is 2.80. The molecule has 136 valence electrons. The number of aliphatic carboxylic acids is 1. The van der Waals surface area contributed by atoms with Gasteiger partial charge < -0.3 is 24.4 Å². The van der Waals surface area contributed by atoms with E-state index in [-0.39, 0.29) is 37.7 Å². The van der Waals surface area contributed by atoms with Crippen LogP contribution >= 0.6 is 0 Å². The zero-order valence-electron chi connectivity index (χ0n) is 14.5. The van der Waals surface area contributed by atoms with Gasteiger partial charge in [-0.1, -0.05) is 0 Å². The van der Waals surface area contributed by atoms with Crippen molar-refractivity contribution in [3.63, 3.8) is 0 Å². The second-order valence-electron chi connectivity index (χ2n) is 5.85. The summed E-state index contributed by atoms with van der Waals surface area (Å²) in [5.41, 5.74) is 0.580. The zero-order valence-corrected chi connectivity index (χ0v) is 14.5. The van der Waals surface area contributed by atoms with E-state index in [1.807, 2.05) is 0 Å². The van der Waals surface area contributed by atoms with Crippen molar-refractivity contribution >= 4 is 23.5 Å². The van der Waals surface area contributed by atoms with Gasteiger partial charge in [0.05, 0.1) is 32.2 Å². The molecule has 0 bridgehead atoms. The highest BCUT2D eigenvalue weighted by molar-refractivity contribution is 6.01. The third-order valence-corrected chi connectivity index (χ3v) is 4.19. The first-order valence-electron chi connectivity index (χ1n) is 7.86. The molecule has 8 heteroatoms. The van der Waals surface area contributed by atoms with Crippen molar-refractivity contribution in [2.45, 2.75) is 12.8 Å². The summed E-state index contributed by atoms with van der Waals surface area (Å²) in [7, 11) is 4.59. The first-order chi connectivity index (χ1) is 11.9. The SMILES string of the molecule is COc1ccc(N2CC(C(=O)N(C)CCC(=O)O)CC2=O)c(OC)c1. The number of benzene rings is 1. The number of ether oxygens (including phenoxy) is 2. The van der Waals surface area contributed by atoms with Crippen LogP contribution in [-0.2, 0) is 14.4 Å². The summed E-state index contributed by atoms with van der Waals surface area (Å²) in [5.74, 6) is -0.781. The van der Waals surface area contributed by atoms with Crippen LogP contribution < -0.4 is 14.4 Å². The lowest BCUT2D eigenvalue weighted by Gasteiger charge is -2.22. The van der Waals surface area contributed by atoms with Crippen LogP contribution in [0.3, 0.4) is 0 Å². The molecule has 2 amide bonds. The lowest BCUT2D eigenvalue weighted by atomic mass is 10.1. The number of hydrogen-bond donors (Lipinski definition) is 1. The molecule has 1 fully saturated rings. The largest absolute Gasteiger partial charge is 0.497 e. The van der Waals surface area contributed by atoms with E-state index in [9.17, 15) is 14.4 Å². The van der Waals surface area contributed by atoms with Crippen LogP contribution in [0, 0.1) is 5.92 Å². The molecular formula is C17H22N2O6. The molecule has 1 N–H and O–H groups in total. The highest BCUT2D eigenvalue weighted by atomic mass is 16.5. The first-order valence-corrected chi connectivity index (χ1v) is 7.86. The molecule has 1 aromatic carbocycles. The Balaban J connectivity index is 2.12. The van der Waals surface area contributed by atoms with Crippen molar-refractivity contribution in [1.82, 2.24) is 4.90 Å². The van der Waals surface area contributed by atoms with Gasteiger partial charge in [0.2, 0.25) is 11.8 Å². The molecule has 0 aliphatic carbocycles. The Labute approximate surface area is 145 Å². The van der Waals surface area contributed by atoms with Gasteiger partial charge in [0, 0.05) is 32.6 Å². The van der Waals surface area contributed by atoms with Crippen LogP contribution in [0.5, 0.6) is 11.5 Å². The fourth-order valence-electron chi connectivity index (χ4n) is 2.80. The summed E-state index contributed by atoms with van der Waals surface area (Å²) in [6, 6.07) is 5.12. The standard InChI is InChI=1S/C17H22N2O6/c1-18(7-6-16(21)22)17(23)11-8-15(20)19(10-11)13-5-4-12(24-2)9-14(13)25-3/h4-5,9,11H,6-8,10H2,1-3H3,(H,21,22). The molecule has 0 aromatic heterocycles. The molecular weight excluding hydrogens is 328 g/mol. The third kappa shape index (κ3) is 4.20. The molecule has 1 unspecified atom stereocenters. The van der Waals surface area contributed by atoms with Gasteiger partial charge in [-0.3, -0.25) is 14.4 Å². The van der Waals surface area contributed by atoms with Crippen LogP contribution in [-0.4, -0.2) is 62.1 Å². The number of carboxylic acids is 1. The van der Waals surface area contributed by atoms with Gasteiger partial charge in [0.1, 0.15) is 11.5 Å². The summed E-state index contributed by atoms with van der Waals surface area (Å²) in [5, 5.41) is 8.72. The van der Waals surface area contributed by atoms with E-state index >= 15 is 0 Å². The number of hydrogen-bond acceptors (Lipinski definition) is 5. The highest BCUT2D eigenvalue weighted by Crippen LogP contribution is 2.36. The minimum absolute atomic E-state index is 0.0887. The summed E-state index contributed by atoms with van der Waals surface area (Å²) >= 11 is 0. The second kappa shape index (κ2) is 7.87. The van der Waals surface area contributed by atoms with Crippen molar-refractivity contribution in [3.8, 4) is 11.5 Å². The van der Waals surface area contributed by atoms with Gasteiger partial charge in [-0.15, -0.1) is 0 Å². The van der Waals surface area contributed by atoms with Crippen molar-refractivity contribution in [2.75, 3.05) is 39.3 Å². The number of carbonyl (C=O) groups excluding carboxylic acids is 2. The van der Waals surface area contributed by atoms with Crippen molar-refractivity contribution in [3.05, 3.63) is 18.2 Å². The Morgan fingerprint density at radius 3 is 2.64 bits per heavy atom. The fraction of sp³-hybridized carbons (Fsp3) is 0.471. The summed E-state index contributed by atoms with van der Waals surface area (Å²) < 4.78 is 10.5. The summed E-state index contributed by atoms with van der Waals surface area (Å²) in [6.07, 6.45) is -0.0373. The molecule has 1 heterocycles. The Morgan fingerprint density at radius 2 is 2.04 bits per heavy atom. The van der Waals surface area contributed by atoms with Crippen molar-refractivity contribution in [2.24, 2.45) is 5.92 Å². The Hall–Kier alpha value is -2.77. The topological polar surface area (TPSA) is 96.4 Å². The van der Waals surface area contributed by atoms with E-state index in [4.69, 9.17) is 14.6 Å². The smallest absolute Gasteiger partial charge is 0.305 e. The molecule has 0 spiro atoms. The van der Waals surface area contributed by atoms with Crippen LogP contribution in [0.15, 0.2) is 18.2 Å². The molecule has 2 rings (SSSR count). The van der Waals surface area contributed by atoms with Gasteiger partial charge in [-0.2, -0.15) is 0 Å². The molecule has 0 radical (unpaired) electrons. The average Bonchev–Trinajstić information content (AvgIpc) is 2.99. The van der Waals surface area contributed by atoms with Gasteiger partial charge in [0.15, 0.2) is 0 Å². The first kappa shape index (κ1) is 18.6. The van der Waals surface area contributed by atoms with Crippen LogP contribution in [0.1, 0.15) is 12.8 Å². The molecule has 25 heavy (non-hydrogen) atoms. The minimum Gasteiger partial charge on any atom is -0.497 e. The Bertz CT molecular complexity index is 675. The van der Waals surface area contributed by atoms with Crippen LogP contribution in [0.2, 0.25) is 0 Å². The molecule has 1 saturated heterocycles. The van der Waals surface area contributed by atoms with E-state index in [0.717, 1.165) is 0 Å². The Morgan fingerprint density at radius 1 is 1.32 bits per heavy atom. The number of amides is 2. The van der Waals surface area contributed by atoms with Crippen molar-refractivity contribution in [1.29, 1.82) is 0 Å². The Kier molecular flexibility index (Phi) is 5.84. The minimum atomic E-state index is -0.966. The quantitative estimate of drug-likeness (QED) is 0.788. The molecule has 1 aromatic rings. The number of rotatable bonds is 7. The van der Waals surface area contributed by atoms with E-state index in [2.05, 4.69) is 0 Å². The maximum atomic E-state index is 12.4. The predicted octanol–water partition coefficient (Wildman–Crippen LogP) is 0.990. The average molecular weight is 350 g/mol. The normalized spacial score (nSPS) is 16.7. The lowest BCUT2D eigenvalue weighted by Crippen LogP contribution is -2.36. The maximum absolute atomic E-state index is 12.4. The van der Waals surface area contributed by atoms with Gasteiger partial charge in [-0.05, 0) is 12.1 Å². The number of nitrogens with zero attached hydrogens (tertiary/aromatic N) is 2. The monoisotopic (exact) mass is 350 g/mol. The van der Waals surface area contributed by atoms with Gasteiger partial charge >= 0.3 is 5.97 Å². The lowest BCUT2D eigenvalue weighted by molar-refractivity contribution is -0.139. The summed E-state index contributed by atoms with van der Waals surface area (Å²) in [4.78, 5) is 38.3. The predicted molar refractivity (Wildman–Crippen MR) is 89.9 cm³/mol. The van der Waals surface area contributed by atoms with Crippen LogP contribution in [0.4, 0.5) is 5.69 Å². The van der Waals surface area contributed by atoms with E-state index in [1.165, 1.54) is 24.0 Å². The number of methoxy groups -OCH3 is 2. The molecule has 1 aliphatic rings. The van der Waals surface area contributed by atoms with Gasteiger partial charge in [0.25, 0.3) is 0 Å². The number of anilines is 1. The van der Waals surface area contributed by atoms with Crippen LogP contribution in [0.25, 0.3) is 0 Å². The van der Waals surface area contributed by atoms with E-state index in [0.29, 0.717) is 17.2 Å².